The molecule has 2 unspecified atom stereocenters. The van der Waals surface area contributed by atoms with Crippen LogP contribution >= 0.6 is 31.9 Å². The van der Waals surface area contributed by atoms with Gasteiger partial charge in [-0.05, 0) is 37.0 Å². The van der Waals surface area contributed by atoms with Gasteiger partial charge in [0.05, 0.1) is 0 Å². The van der Waals surface area contributed by atoms with Gasteiger partial charge in [-0.1, -0.05) is 98.1 Å². The monoisotopic (exact) mass is 410 g/mol. The Balaban J connectivity index is 4.25. The second kappa shape index (κ2) is 12.5. The maximum Gasteiger partial charge on any atom is 0.0225 e. The van der Waals surface area contributed by atoms with E-state index in [1.54, 1.807) is 0 Å². The average Bonchev–Trinajstić information content (AvgIpc) is 2.44. The molecular weight excluding hydrogens is 376 g/mol. The summed E-state index contributed by atoms with van der Waals surface area (Å²) in [6.07, 6.45) is 13.8. The Morgan fingerprint density at radius 3 is 1.90 bits per heavy atom. The molecule has 122 valence electrons. The molecule has 0 aliphatic rings. The highest BCUT2D eigenvalue weighted by molar-refractivity contribution is 9.09. The van der Waals surface area contributed by atoms with Crippen molar-refractivity contribution in [2.75, 3.05) is 5.33 Å². The summed E-state index contributed by atoms with van der Waals surface area (Å²) in [5.41, 5.74) is 0.419. The smallest absolute Gasteiger partial charge is 0.0225 e. The normalized spacial score (nSPS) is 15.3. The maximum atomic E-state index is 4.05. The predicted octanol–water partition coefficient (Wildman–Crippen LogP) is 7.73. The summed E-state index contributed by atoms with van der Waals surface area (Å²) in [4.78, 5) is 0.668. The highest BCUT2D eigenvalue weighted by Crippen LogP contribution is 2.39. The fraction of sp³-hybridized carbons (Fsp3) is 1.00. The zero-order valence-corrected chi connectivity index (χ0v) is 17.4. The fourth-order valence-electron chi connectivity index (χ4n) is 2.78. The Hall–Kier alpha value is 0.960. The van der Waals surface area contributed by atoms with E-state index in [0.717, 1.165) is 11.2 Å². The van der Waals surface area contributed by atoms with E-state index in [1.165, 1.54) is 64.2 Å². The van der Waals surface area contributed by atoms with Gasteiger partial charge < -0.3 is 0 Å². The van der Waals surface area contributed by atoms with Crippen LogP contribution in [0.5, 0.6) is 0 Å². The fourth-order valence-corrected chi connectivity index (χ4v) is 4.03. The Bertz CT molecular complexity index is 213. The van der Waals surface area contributed by atoms with Crippen molar-refractivity contribution in [3.8, 4) is 0 Å². The van der Waals surface area contributed by atoms with Gasteiger partial charge in [0.25, 0.3) is 0 Å². The van der Waals surface area contributed by atoms with Gasteiger partial charge in [0.1, 0.15) is 0 Å². The lowest BCUT2D eigenvalue weighted by Crippen LogP contribution is -2.31. The second-order valence-electron chi connectivity index (χ2n) is 6.89. The first-order valence-electron chi connectivity index (χ1n) is 8.69. The van der Waals surface area contributed by atoms with Gasteiger partial charge in [-0.25, -0.2) is 0 Å². The van der Waals surface area contributed by atoms with E-state index in [4.69, 9.17) is 0 Å². The van der Waals surface area contributed by atoms with Gasteiger partial charge in [-0.15, -0.1) is 0 Å². The van der Waals surface area contributed by atoms with Crippen LogP contribution in [0, 0.1) is 11.3 Å². The Morgan fingerprint density at radius 2 is 1.40 bits per heavy atom. The third-order valence-corrected chi connectivity index (χ3v) is 7.26. The molecule has 0 aliphatic heterocycles. The number of alkyl halides is 2. The zero-order chi connectivity index (χ0) is 15.4. The minimum absolute atomic E-state index is 0.419. The van der Waals surface area contributed by atoms with Gasteiger partial charge in [0.2, 0.25) is 0 Å². The number of rotatable bonds is 13. The zero-order valence-electron chi connectivity index (χ0n) is 14.2. The maximum absolute atomic E-state index is 4.05. The lowest BCUT2D eigenvalue weighted by Gasteiger charge is -2.35. The molecule has 0 amide bonds. The van der Waals surface area contributed by atoms with Gasteiger partial charge in [0.15, 0.2) is 0 Å². The van der Waals surface area contributed by atoms with E-state index in [0.29, 0.717) is 10.2 Å². The molecule has 0 fully saturated rings. The van der Waals surface area contributed by atoms with Gasteiger partial charge in [-0.2, -0.15) is 0 Å². The number of unbranched alkanes of at least 4 members (excludes halogenated alkanes) is 5. The third-order valence-electron chi connectivity index (χ3n) is 4.71. The Labute approximate surface area is 145 Å². The SMILES string of the molecule is CCCCCCCC(CCCCBr)C(Br)C(C)(C)CC. The van der Waals surface area contributed by atoms with Crippen molar-refractivity contribution < 1.29 is 0 Å². The van der Waals surface area contributed by atoms with Crippen LogP contribution < -0.4 is 0 Å². The summed E-state index contributed by atoms with van der Waals surface area (Å²) in [5.74, 6) is 0.852. The van der Waals surface area contributed by atoms with Crippen LogP contribution in [0.4, 0.5) is 0 Å². The van der Waals surface area contributed by atoms with Gasteiger partial charge in [-0.3, -0.25) is 0 Å². The second-order valence-corrected chi connectivity index (χ2v) is 8.67. The van der Waals surface area contributed by atoms with Crippen LogP contribution in [0.1, 0.15) is 91.9 Å². The summed E-state index contributed by atoms with van der Waals surface area (Å²) >= 11 is 7.61. The molecule has 0 N–H and O–H groups in total. The van der Waals surface area contributed by atoms with Crippen molar-refractivity contribution in [3.05, 3.63) is 0 Å². The molecule has 0 spiro atoms. The average molecular weight is 412 g/mol. The molecule has 0 aromatic heterocycles. The minimum Gasteiger partial charge on any atom is -0.0928 e. The highest BCUT2D eigenvalue weighted by atomic mass is 79.9. The molecule has 0 aliphatic carbocycles. The summed E-state index contributed by atoms with van der Waals surface area (Å²) in [7, 11) is 0. The first kappa shape index (κ1) is 21.0. The molecule has 2 atom stereocenters. The molecule has 0 radical (unpaired) electrons. The highest BCUT2D eigenvalue weighted by Gasteiger charge is 2.31. The van der Waals surface area contributed by atoms with Gasteiger partial charge in [0, 0.05) is 10.2 Å². The minimum atomic E-state index is 0.419. The van der Waals surface area contributed by atoms with Crippen molar-refractivity contribution in [2.24, 2.45) is 11.3 Å². The van der Waals surface area contributed by atoms with E-state index in [9.17, 15) is 0 Å². The Kier molecular flexibility index (Phi) is 13.1. The summed E-state index contributed by atoms with van der Waals surface area (Å²) in [6, 6.07) is 0. The molecule has 0 nitrogen and oxygen atoms in total. The Morgan fingerprint density at radius 1 is 0.850 bits per heavy atom. The molecular formula is C18H36Br2. The van der Waals surface area contributed by atoms with E-state index < -0.39 is 0 Å². The van der Waals surface area contributed by atoms with Crippen LogP contribution in [0.15, 0.2) is 0 Å². The lowest BCUT2D eigenvalue weighted by molar-refractivity contribution is 0.250. The number of hydrogen-bond donors (Lipinski definition) is 0. The van der Waals surface area contributed by atoms with E-state index in [-0.39, 0.29) is 0 Å². The molecule has 0 rings (SSSR count). The number of halogens is 2. The first-order chi connectivity index (χ1) is 9.49. The predicted molar refractivity (Wildman–Crippen MR) is 101 cm³/mol. The van der Waals surface area contributed by atoms with E-state index >= 15 is 0 Å². The largest absolute Gasteiger partial charge is 0.0928 e. The van der Waals surface area contributed by atoms with Crippen molar-refractivity contribution in [3.63, 3.8) is 0 Å². The van der Waals surface area contributed by atoms with Crippen molar-refractivity contribution in [1.29, 1.82) is 0 Å². The molecule has 20 heavy (non-hydrogen) atoms. The van der Waals surface area contributed by atoms with Crippen molar-refractivity contribution in [2.45, 2.75) is 96.7 Å². The van der Waals surface area contributed by atoms with Crippen molar-refractivity contribution >= 4 is 31.9 Å². The summed E-state index contributed by atoms with van der Waals surface area (Å²) < 4.78 is 0. The molecule has 0 aromatic carbocycles. The summed E-state index contributed by atoms with van der Waals surface area (Å²) in [5, 5.41) is 1.15. The molecule has 0 aromatic rings. The third kappa shape index (κ3) is 9.07. The van der Waals surface area contributed by atoms with Crippen molar-refractivity contribution in [1.82, 2.24) is 0 Å². The molecule has 0 saturated heterocycles. The van der Waals surface area contributed by atoms with E-state index in [2.05, 4.69) is 59.6 Å². The molecule has 0 saturated carbocycles. The van der Waals surface area contributed by atoms with Crippen LogP contribution in [0.2, 0.25) is 0 Å². The van der Waals surface area contributed by atoms with E-state index in [1.807, 2.05) is 0 Å². The van der Waals surface area contributed by atoms with Crippen LogP contribution in [-0.4, -0.2) is 10.2 Å². The lowest BCUT2D eigenvalue weighted by atomic mass is 9.77. The first-order valence-corrected chi connectivity index (χ1v) is 10.7. The topological polar surface area (TPSA) is 0 Å². The molecule has 0 heterocycles. The summed E-state index contributed by atoms with van der Waals surface area (Å²) in [6.45, 7) is 9.45. The van der Waals surface area contributed by atoms with Crippen LogP contribution in [-0.2, 0) is 0 Å². The standard InChI is InChI=1S/C18H36Br2/c1-5-7-8-9-10-13-16(14-11-12-15-19)17(20)18(3,4)6-2/h16-17H,5-15H2,1-4H3. The van der Waals surface area contributed by atoms with Gasteiger partial charge >= 0.3 is 0 Å². The molecule has 0 bridgehead atoms. The van der Waals surface area contributed by atoms with Crippen LogP contribution in [0.3, 0.4) is 0 Å². The molecule has 2 heteroatoms. The number of hydrogen-bond acceptors (Lipinski definition) is 0. The quantitative estimate of drug-likeness (QED) is 0.215. The van der Waals surface area contributed by atoms with Crippen LogP contribution in [0.25, 0.3) is 0 Å².